The van der Waals surface area contributed by atoms with Gasteiger partial charge >= 0.3 is 0 Å². The number of aromatic hydroxyl groups is 1. The van der Waals surface area contributed by atoms with Crippen molar-refractivity contribution in [2.75, 3.05) is 6.54 Å². The van der Waals surface area contributed by atoms with Crippen LogP contribution in [0.4, 0.5) is 0 Å². The zero-order valence-electron chi connectivity index (χ0n) is 11.4. The van der Waals surface area contributed by atoms with Gasteiger partial charge in [0.1, 0.15) is 5.75 Å². The molecule has 1 saturated carbocycles. The molecule has 0 saturated heterocycles. The molecule has 0 bridgehead atoms. The summed E-state index contributed by atoms with van der Waals surface area (Å²) in [6.45, 7) is 2.49. The zero-order chi connectivity index (χ0) is 13.8. The lowest BCUT2D eigenvalue weighted by molar-refractivity contribution is 0.0938. The van der Waals surface area contributed by atoms with Crippen LogP contribution in [0.5, 0.6) is 5.75 Å². The molecule has 1 fully saturated rings. The van der Waals surface area contributed by atoms with Crippen LogP contribution >= 0.6 is 0 Å². The Hall–Kier alpha value is -1.55. The third kappa shape index (κ3) is 3.47. The van der Waals surface area contributed by atoms with Crippen molar-refractivity contribution in [3.63, 3.8) is 0 Å². The van der Waals surface area contributed by atoms with Crippen LogP contribution in [0.2, 0.25) is 0 Å². The fraction of sp³-hybridized carbons (Fsp3) is 0.533. The minimum absolute atomic E-state index is 0.0241. The van der Waals surface area contributed by atoms with Crippen LogP contribution in [0.25, 0.3) is 0 Å². The third-order valence-corrected chi connectivity index (χ3v) is 3.89. The van der Waals surface area contributed by atoms with E-state index in [0.717, 1.165) is 18.4 Å². The fourth-order valence-electron chi connectivity index (χ4n) is 2.64. The van der Waals surface area contributed by atoms with Crippen LogP contribution in [0.3, 0.4) is 0 Å². The molecule has 104 valence electrons. The second-order valence-electron chi connectivity index (χ2n) is 5.44. The molecule has 0 aliphatic heterocycles. The molecule has 2 unspecified atom stereocenters. The molecule has 0 heterocycles. The highest BCUT2D eigenvalue weighted by molar-refractivity contribution is 5.96. The first-order valence-electron chi connectivity index (χ1n) is 6.91. The van der Waals surface area contributed by atoms with Crippen LogP contribution in [-0.2, 0) is 0 Å². The summed E-state index contributed by atoms with van der Waals surface area (Å²) in [5, 5.41) is 12.6. The predicted octanol–water partition coefficient (Wildman–Crippen LogP) is 1.95. The molecule has 1 aromatic rings. The SMILES string of the molecule is Cc1ccc(O)c(C(=O)NCC2CCCCC2N)c1. The van der Waals surface area contributed by atoms with E-state index in [9.17, 15) is 9.90 Å². The first kappa shape index (κ1) is 13.9. The van der Waals surface area contributed by atoms with Crippen molar-refractivity contribution in [1.82, 2.24) is 5.32 Å². The van der Waals surface area contributed by atoms with Crippen LogP contribution in [0.1, 0.15) is 41.6 Å². The second-order valence-corrected chi connectivity index (χ2v) is 5.44. The lowest BCUT2D eigenvalue weighted by Gasteiger charge is -2.28. The summed E-state index contributed by atoms with van der Waals surface area (Å²) in [5.41, 5.74) is 7.35. The van der Waals surface area contributed by atoms with Gasteiger partial charge in [-0.1, -0.05) is 24.5 Å². The Morgan fingerprint density at radius 1 is 1.42 bits per heavy atom. The van der Waals surface area contributed by atoms with Gasteiger partial charge in [0.15, 0.2) is 0 Å². The number of carbonyl (C=O) groups excluding carboxylic acids is 1. The van der Waals surface area contributed by atoms with Crippen molar-refractivity contribution in [1.29, 1.82) is 0 Å². The molecule has 2 atom stereocenters. The highest BCUT2D eigenvalue weighted by atomic mass is 16.3. The third-order valence-electron chi connectivity index (χ3n) is 3.89. The Morgan fingerprint density at radius 3 is 2.89 bits per heavy atom. The summed E-state index contributed by atoms with van der Waals surface area (Å²) in [6.07, 6.45) is 4.48. The maximum absolute atomic E-state index is 12.1. The summed E-state index contributed by atoms with van der Waals surface area (Å²) in [7, 11) is 0. The molecule has 2 rings (SSSR count). The number of amides is 1. The number of benzene rings is 1. The Balaban J connectivity index is 1.95. The number of hydrogen-bond acceptors (Lipinski definition) is 3. The molecule has 1 amide bonds. The van der Waals surface area contributed by atoms with Crippen molar-refractivity contribution in [3.8, 4) is 5.75 Å². The van der Waals surface area contributed by atoms with Crippen LogP contribution in [0.15, 0.2) is 18.2 Å². The van der Waals surface area contributed by atoms with E-state index in [0.29, 0.717) is 18.0 Å². The van der Waals surface area contributed by atoms with Crippen LogP contribution in [0, 0.1) is 12.8 Å². The van der Waals surface area contributed by atoms with Crippen molar-refractivity contribution >= 4 is 5.91 Å². The van der Waals surface area contributed by atoms with Gasteiger partial charge in [-0.05, 0) is 37.8 Å². The quantitative estimate of drug-likeness (QED) is 0.779. The first-order valence-corrected chi connectivity index (χ1v) is 6.91. The van der Waals surface area contributed by atoms with Gasteiger partial charge in [0, 0.05) is 12.6 Å². The number of rotatable bonds is 3. The molecule has 4 nitrogen and oxygen atoms in total. The average Bonchev–Trinajstić information content (AvgIpc) is 2.40. The van der Waals surface area contributed by atoms with E-state index >= 15 is 0 Å². The maximum atomic E-state index is 12.1. The normalized spacial score (nSPS) is 23.1. The standard InChI is InChI=1S/C15H22N2O2/c1-10-6-7-14(18)12(8-10)15(19)17-9-11-4-2-3-5-13(11)16/h6-8,11,13,18H,2-5,9,16H2,1H3,(H,17,19). The monoisotopic (exact) mass is 262 g/mol. The number of hydrogen-bond donors (Lipinski definition) is 3. The predicted molar refractivity (Wildman–Crippen MR) is 75.1 cm³/mol. The first-order chi connectivity index (χ1) is 9.08. The van der Waals surface area contributed by atoms with Gasteiger partial charge < -0.3 is 16.2 Å². The largest absolute Gasteiger partial charge is 0.507 e. The van der Waals surface area contributed by atoms with Gasteiger partial charge in [-0.2, -0.15) is 0 Å². The van der Waals surface area contributed by atoms with Crippen molar-refractivity contribution in [3.05, 3.63) is 29.3 Å². The number of nitrogens with two attached hydrogens (primary N) is 1. The Kier molecular flexibility index (Phi) is 4.43. The molecule has 0 spiro atoms. The fourth-order valence-corrected chi connectivity index (χ4v) is 2.64. The van der Waals surface area contributed by atoms with Gasteiger partial charge in [0.05, 0.1) is 5.56 Å². The molecule has 0 radical (unpaired) electrons. The van der Waals surface area contributed by atoms with Crippen LogP contribution < -0.4 is 11.1 Å². The summed E-state index contributed by atoms with van der Waals surface area (Å²) >= 11 is 0. The van der Waals surface area contributed by atoms with E-state index in [1.807, 2.05) is 6.92 Å². The number of aryl methyl sites for hydroxylation is 1. The van der Waals surface area contributed by atoms with Gasteiger partial charge in [-0.15, -0.1) is 0 Å². The number of phenols is 1. The molecule has 1 aromatic carbocycles. The smallest absolute Gasteiger partial charge is 0.255 e. The van der Waals surface area contributed by atoms with Crippen molar-refractivity contribution in [2.24, 2.45) is 11.7 Å². The summed E-state index contributed by atoms with van der Waals surface area (Å²) in [6, 6.07) is 5.21. The minimum Gasteiger partial charge on any atom is -0.507 e. The minimum atomic E-state index is -0.223. The Bertz CT molecular complexity index is 459. The number of carbonyl (C=O) groups is 1. The maximum Gasteiger partial charge on any atom is 0.255 e. The lowest BCUT2D eigenvalue weighted by atomic mass is 9.85. The summed E-state index contributed by atoms with van der Waals surface area (Å²) in [5.74, 6) is 0.152. The number of nitrogens with one attached hydrogen (secondary N) is 1. The number of phenolic OH excluding ortho intramolecular Hbond substituents is 1. The van der Waals surface area contributed by atoms with E-state index in [1.54, 1.807) is 18.2 Å². The Morgan fingerprint density at radius 2 is 2.16 bits per heavy atom. The van der Waals surface area contributed by atoms with Crippen molar-refractivity contribution < 1.29 is 9.90 Å². The molecule has 1 aliphatic carbocycles. The van der Waals surface area contributed by atoms with Gasteiger partial charge in [0.2, 0.25) is 0 Å². The molecular formula is C15H22N2O2. The summed E-state index contributed by atoms with van der Waals surface area (Å²) < 4.78 is 0. The topological polar surface area (TPSA) is 75.3 Å². The zero-order valence-corrected chi connectivity index (χ0v) is 11.4. The van der Waals surface area contributed by atoms with Crippen molar-refractivity contribution in [2.45, 2.75) is 38.6 Å². The molecular weight excluding hydrogens is 240 g/mol. The molecule has 1 aliphatic rings. The van der Waals surface area contributed by atoms with E-state index in [4.69, 9.17) is 5.73 Å². The van der Waals surface area contributed by atoms with E-state index < -0.39 is 0 Å². The highest BCUT2D eigenvalue weighted by Crippen LogP contribution is 2.23. The average molecular weight is 262 g/mol. The van der Waals surface area contributed by atoms with Gasteiger partial charge in [-0.3, -0.25) is 4.79 Å². The van der Waals surface area contributed by atoms with Gasteiger partial charge in [0.25, 0.3) is 5.91 Å². The summed E-state index contributed by atoms with van der Waals surface area (Å²) in [4.78, 5) is 12.1. The molecule has 19 heavy (non-hydrogen) atoms. The highest BCUT2D eigenvalue weighted by Gasteiger charge is 2.22. The van der Waals surface area contributed by atoms with Crippen LogP contribution in [-0.4, -0.2) is 23.6 Å². The molecule has 0 aromatic heterocycles. The lowest BCUT2D eigenvalue weighted by Crippen LogP contribution is -2.41. The molecule has 4 N–H and O–H groups in total. The van der Waals surface area contributed by atoms with Gasteiger partial charge in [-0.25, -0.2) is 0 Å². The Labute approximate surface area is 114 Å². The molecule has 4 heteroatoms. The van der Waals surface area contributed by atoms with E-state index in [1.165, 1.54) is 12.8 Å². The second kappa shape index (κ2) is 6.06. The van der Waals surface area contributed by atoms with E-state index in [-0.39, 0.29) is 17.7 Å². The van der Waals surface area contributed by atoms with E-state index in [2.05, 4.69) is 5.32 Å².